The molecule has 1 amide bonds. The van der Waals surface area contributed by atoms with Crippen molar-refractivity contribution in [3.05, 3.63) is 23.9 Å². The number of aromatic nitrogens is 1. The molecule has 9 heteroatoms. The number of hydrogen-bond donors (Lipinski definition) is 1. The fourth-order valence-corrected chi connectivity index (χ4v) is 2.88. The molecular formula is C18H23F3N2O4. The van der Waals surface area contributed by atoms with E-state index in [1.165, 1.54) is 26.8 Å². The molecule has 1 fully saturated rings. The second-order valence-electron chi connectivity index (χ2n) is 7.05. The first-order valence-electron chi connectivity index (χ1n) is 8.68. The van der Waals surface area contributed by atoms with Gasteiger partial charge in [-0.1, -0.05) is 0 Å². The van der Waals surface area contributed by atoms with Crippen molar-refractivity contribution in [3.8, 4) is 5.88 Å². The Morgan fingerprint density at radius 1 is 1.15 bits per heavy atom. The van der Waals surface area contributed by atoms with Gasteiger partial charge in [0.25, 0.3) is 5.91 Å². The summed E-state index contributed by atoms with van der Waals surface area (Å²) in [6, 6.07) is 2.07. The average Bonchev–Trinajstić information content (AvgIpc) is 2.55. The zero-order valence-corrected chi connectivity index (χ0v) is 15.4. The third-order valence-electron chi connectivity index (χ3n) is 4.31. The molecule has 1 aromatic heterocycles. The molecule has 2 rings (SSSR count). The topological polar surface area (TPSA) is 77.5 Å². The molecule has 0 aromatic carbocycles. The van der Waals surface area contributed by atoms with Crippen LogP contribution in [-0.4, -0.2) is 34.6 Å². The first kappa shape index (κ1) is 21.0. The number of halogens is 3. The zero-order valence-electron chi connectivity index (χ0n) is 15.4. The Morgan fingerprint density at radius 3 is 2.26 bits per heavy atom. The van der Waals surface area contributed by atoms with Crippen molar-refractivity contribution in [3.63, 3.8) is 0 Å². The van der Waals surface area contributed by atoms with E-state index in [4.69, 9.17) is 9.47 Å². The second-order valence-corrected chi connectivity index (χ2v) is 7.05. The molecule has 0 atom stereocenters. The van der Waals surface area contributed by atoms with E-state index in [-0.39, 0.29) is 23.9 Å². The van der Waals surface area contributed by atoms with Crippen LogP contribution >= 0.6 is 0 Å². The van der Waals surface area contributed by atoms with E-state index < -0.39 is 23.3 Å². The Kier molecular flexibility index (Phi) is 6.33. The van der Waals surface area contributed by atoms with Crippen molar-refractivity contribution in [2.24, 2.45) is 0 Å². The van der Waals surface area contributed by atoms with Crippen LogP contribution in [0, 0.1) is 0 Å². The summed E-state index contributed by atoms with van der Waals surface area (Å²) >= 11 is 0. The van der Waals surface area contributed by atoms with E-state index in [9.17, 15) is 22.8 Å². The lowest BCUT2D eigenvalue weighted by molar-refractivity contribution is -0.163. The minimum Gasteiger partial charge on any atom is -0.474 e. The van der Waals surface area contributed by atoms with Gasteiger partial charge in [-0.25, -0.2) is 4.98 Å². The summed E-state index contributed by atoms with van der Waals surface area (Å²) < 4.78 is 48.3. The lowest BCUT2D eigenvalue weighted by Gasteiger charge is -2.31. The monoisotopic (exact) mass is 388 g/mol. The van der Waals surface area contributed by atoms with Crippen molar-refractivity contribution in [1.82, 2.24) is 10.3 Å². The summed E-state index contributed by atoms with van der Waals surface area (Å²) in [5.41, 5.74) is -2.07. The number of alkyl halides is 3. The molecule has 27 heavy (non-hydrogen) atoms. The van der Waals surface area contributed by atoms with Crippen LogP contribution in [0.3, 0.4) is 0 Å². The van der Waals surface area contributed by atoms with Gasteiger partial charge < -0.3 is 14.8 Å². The minimum atomic E-state index is -4.43. The van der Waals surface area contributed by atoms with Gasteiger partial charge in [0.2, 0.25) is 5.88 Å². The van der Waals surface area contributed by atoms with Gasteiger partial charge in [-0.05, 0) is 45.6 Å². The summed E-state index contributed by atoms with van der Waals surface area (Å²) in [6.07, 6.45) is -1.31. The highest BCUT2D eigenvalue weighted by molar-refractivity contribution is 5.86. The highest BCUT2D eigenvalue weighted by Crippen LogP contribution is 2.30. The van der Waals surface area contributed by atoms with Crippen LogP contribution in [0.2, 0.25) is 0 Å². The molecular weight excluding hydrogens is 365 g/mol. The molecule has 1 aromatic rings. The summed E-state index contributed by atoms with van der Waals surface area (Å²) in [7, 11) is 0. The van der Waals surface area contributed by atoms with E-state index >= 15 is 0 Å². The Labute approximate surface area is 155 Å². The van der Waals surface area contributed by atoms with Crippen LogP contribution in [0.25, 0.3) is 0 Å². The molecule has 1 saturated carbocycles. The number of rotatable bonds is 5. The molecule has 1 aliphatic rings. The fourth-order valence-electron chi connectivity index (χ4n) is 2.88. The highest BCUT2D eigenvalue weighted by atomic mass is 19.4. The molecule has 0 spiro atoms. The molecule has 1 aliphatic carbocycles. The fraction of sp³-hybridized carbons (Fsp3) is 0.611. The molecule has 0 unspecified atom stereocenters. The number of nitrogens with one attached hydrogen (secondary N) is 1. The number of ether oxygens (including phenoxy) is 2. The molecule has 0 aliphatic heterocycles. The number of amides is 1. The van der Waals surface area contributed by atoms with E-state index in [0.29, 0.717) is 25.7 Å². The molecule has 150 valence electrons. The van der Waals surface area contributed by atoms with Crippen LogP contribution in [0.1, 0.15) is 52.0 Å². The van der Waals surface area contributed by atoms with Gasteiger partial charge in [-0.15, -0.1) is 0 Å². The quantitative estimate of drug-likeness (QED) is 0.784. The van der Waals surface area contributed by atoms with Gasteiger partial charge in [0.15, 0.2) is 5.60 Å². The Morgan fingerprint density at radius 2 is 1.78 bits per heavy atom. The van der Waals surface area contributed by atoms with Crippen molar-refractivity contribution in [2.75, 3.05) is 0 Å². The predicted octanol–water partition coefficient (Wildman–Crippen LogP) is 3.25. The molecule has 1 heterocycles. The number of nitrogens with zero attached hydrogens (tertiary/aromatic N) is 1. The van der Waals surface area contributed by atoms with E-state index in [1.54, 1.807) is 0 Å². The van der Waals surface area contributed by atoms with Crippen molar-refractivity contribution in [2.45, 2.75) is 70.4 Å². The molecule has 1 N–H and O–H groups in total. The molecule has 0 bridgehead atoms. The Balaban J connectivity index is 1.81. The van der Waals surface area contributed by atoms with Crippen LogP contribution in [0.4, 0.5) is 13.2 Å². The lowest BCUT2D eigenvalue weighted by Crippen LogP contribution is -2.50. The first-order valence-corrected chi connectivity index (χ1v) is 8.68. The summed E-state index contributed by atoms with van der Waals surface area (Å²) in [6.45, 7) is 4.29. The summed E-state index contributed by atoms with van der Waals surface area (Å²) in [5.74, 6) is -0.755. The summed E-state index contributed by atoms with van der Waals surface area (Å²) in [4.78, 5) is 27.0. The van der Waals surface area contributed by atoms with Gasteiger partial charge in [-0.2, -0.15) is 13.2 Å². The lowest BCUT2D eigenvalue weighted by atomic mass is 9.92. The SMILES string of the molecule is CC(=O)OC(C)(C)C(=O)NC1CCC(Oc2ccc(C(F)(F)F)cn2)CC1. The van der Waals surface area contributed by atoms with Gasteiger partial charge >= 0.3 is 12.1 Å². The maximum absolute atomic E-state index is 12.5. The number of carbonyl (C=O) groups excluding carboxylic acids is 2. The van der Waals surface area contributed by atoms with Crippen LogP contribution < -0.4 is 10.1 Å². The number of pyridine rings is 1. The van der Waals surface area contributed by atoms with Crippen LogP contribution in [0.15, 0.2) is 18.3 Å². The van der Waals surface area contributed by atoms with Gasteiger partial charge in [0.05, 0.1) is 5.56 Å². The molecule has 0 saturated heterocycles. The summed E-state index contributed by atoms with van der Waals surface area (Å²) in [5, 5.41) is 2.86. The van der Waals surface area contributed by atoms with Gasteiger partial charge in [-0.3, -0.25) is 9.59 Å². The third-order valence-corrected chi connectivity index (χ3v) is 4.31. The van der Waals surface area contributed by atoms with Crippen molar-refractivity contribution < 1.29 is 32.2 Å². The van der Waals surface area contributed by atoms with E-state index in [0.717, 1.165) is 12.3 Å². The van der Waals surface area contributed by atoms with Crippen molar-refractivity contribution in [1.29, 1.82) is 0 Å². The maximum atomic E-state index is 12.5. The van der Waals surface area contributed by atoms with Gasteiger partial charge in [0.1, 0.15) is 6.10 Å². The highest BCUT2D eigenvalue weighted by Gasteiger charge is 2.34. The predicted molar refractivity (Wildman–Crippen MR) is 89.9 cm³/mol. The van der Waals surface area contributed by atoms with Gasteiger partial charge in [0, 0.05) is 25.2 Å². The smallest absolute Gasteiger partial charge is 0.417 e. The number of carbonyl (C=O) groups is 2. The minimum absolute atomic E-state index is 0.0762. The molecule has 6 nitrogen and oxygen atoms in total. The Hall–Kier alpha value is -2.32. The zero-order chi connectivity index (χ0) is 20.2. The Bertz CT molecular complexity index is 666. The van der Waals surface area contributed by atoms with E-state index in [2.05, 4.69) is 10.3 Å². The van der Waals surface area contributed by atoms with Crippen LogP contribution in [-0.2, 0) is 20.5 Å². The number of esters is 1. The average molecular weight is 388 g/mol. The first-order chi connectivity index (χ1) is 12.5. The number of hydrogen-bond acceptors (Lipinski definition) is 5. The molecule has 0 radical (unpaired) electrons. The van der Waals surface area contributed by atoms with Crippen LogP contribution in [0.5, 0.6) is 5.88 Å². The van der Waals surface area contributed by atoms with Crippen molar-refractivity contribution >= 4 is 11.9 Å². The second kappa shape index (κ2) is 8.14. The largest absolute Gasteiger partial charge is 0.474 e. The third kappa shape index (κ3) is 6.11. The van der Waals surface area contributed by atoms with E-state index in [1.807, 2.05) is 0 Å². The maximum Gasteiger partial charge on any atom is 0.417 e. The standard InChI is InChI=1S/C18H23F3N2O4/c1-11(24)27-17(2,3)16(25)23-13-5-7-14(8-6-13)26-15-9-4-12(10-22-15)18(19,20)21/h4,9-10,13-14H,5-8H2,1-3H3,(H,23,25). The normalized spacial score (nSPS) is 20.7.